The smallest absolute Gasteiger partial charge is 0.119 e. The molecule has 0 fully saturated rings. The monoisotopic (exact) mass is 740 g/mol. The molecule has 4 heteroatoms. The van der Waals surface area contributed by atoms with E-state index >= 15 is 0 Å². The van der Waals surface area contributed by atoms with Crippen LogP contribution in [0.4, 0.5) is 34.1 Å². The Bertz CT molecular complexity index is 2370. The van der Waals surface area contributed by atoms with Crippen LogP contribution in [-0.4, -0.2) is 13.2 Å². The van der Waals surface area contributed by atoms with Gasteiger partial charge in [0.05, 0.1) is 24.6 Å². The molecule has 7 rings (SSSR count). The third kappa shape index (κ3) is 8.26. The number of unbranched alkanes of at least 4 members (excludes halogenated alkanes) is 2. The van der Waals surface area contributed by atoms with Gasteiger partial charge in [0.25, 0.3) is 0 Å². The van der Waals surface area contributed by atoms with Crippen molar-refractivity contribution in [1.82, 2.24) is 0 Å². The van der Waals surface area contributed by atoms with Crippen LogP contribution in [0.15, 0.2) is 140 Å². The van der Waals surface area contributed by atoms with Gasteiger partial charge in [-0.15, -0.1) is 0 Å². The van der Waals surface area contributed by atoms with Crippen molar-refractivity contribution >= 4 is 55.7 Å². The van der Waals surface area contributed by atoms with Crippen molar-refractivity contribution < 1.29 is 9.47 Å². The molecule has 0 aromatic heterocycles. The molecule has 0 unspecified atom stereocenters. The first kappa shape index (κ1) is 38.5. The molecular formula is C52H56N2O2. The lowest BCUT2D eigenvalue weighted by Gasteiger charge is -2.33. The van der Waals surface area contributed by atoms with E-state index in [0.29, 0.717) is 0 Å². The van der Waals surface area contributed by atoms with Gasteiger partial charge in [-0.3, -0.25) is 0 Å². The minimum absolute atomic E-state index is 0.0618. The Hall–Kier alpha value is -5.74. The first-order valence-corrected chi connectivity index (χ1v) is 20.3. The highest BCUT2D eigenvalue weighted by Crippen LogP contribution is 2.52. The van der Waals surface area contributed by atoms with E-state index in [1.807, 2.05) is 0 Å². The summed E-state index contributed by atoms with van der Waals surface area (Å²) < 4.78 is 12.3. The molecule has 7 aromatic rings. The maximum atomic E-state index is 6.14. The van der Waals surface area contributed by atoms with Gasteiger partial charge < -0.3 is 19.3 Å². The average Bonchev–Trinajstić information content (AvgIpc) is 3.21. The van der Waals surface area contributed by atoms with Crippen molar-refractivity contribution in [3.8, 4) is 11.5 Å². The lowest BCUT2D eigenvalue weighted by molar-refractivity contribution is 0.309. The third-order valence-corrected chi connectivity index (χ3v) is 10.6. The molecule has 7 aromatic carbocycles. The predicted octanol–water partition coefficient (Wildman–Crippen LogP) is 15.2. The minimum atomic E-state index is -0.0618. The van der Waals surface area contributed by atoms with Crippen molar-refractivity contribution in [3.05, 3.63) is 156 Å². The molecule has 0 saturated carbocycles. The van der Waals surface area contributed by atoms with Crippen LogP contribution in [0.3, 0.4) is 0 Å². The molecule has 0 aliphatic heterocycles. The zero-order valence-electron chi connectivity index (χ0n) is 34.2. The van der Waals surface area contributed by atoms with E-state index in [0.717, 1.165) is 84.5 Å². The Labute approximate surface area is 334 Å². The standard InChI is InChI=1S/C52H56N2O2/c1-8-10-34-55-44-29-25-42(26-30-44)53(40-21-16-37(3)17-22-40)50-46-14-12-13-15-47(46)51(49-36-39(52(5,6)7)20-33-48(49)50)54(41-23-18-38(4)19-24-41)43-27-31-45(32-28-43)56-35-11-9-2/h12-33,36H,8-11,34-35H2,1-7H3. The molecule has 0 bridgehead atoms. The summed E-state index contributed by atoms with van der Waals surface area (Å²) in [7, 11) is 0. The van der Waals surface area contributed by atoms with Gasteiger partial charge in [0.15, 0.2) is 0 Å². The van der Waals surface area contributed by atoms with Gasteiger partial charge in [-0.1, -0.05) is 119 Å². The van der Waals surface area contributed by atoms with Gasteiger partial charge in [-0.2, -0.15) is 0 Å². The van der Waals surface area contributed by atoms with Crippen molar-refractivity contribution in [2.45, 2.75) is 79.6 Å². The zero-order chi connectivity index (χ0) is 39.2. The summed E-state index contributed by atoms with van der Waals surface area (Å²) in [5, 5.41) is 4.69. The number of aryl methyl sites for hydroxylation is 2. The van der Waals surface area contributed by atoms with E-state index in [1.165, 1.54) is 38.2 Å². The van der Waals surface area contributed by atoms with Gasteiger partial charge >= 0.3 is 0 Å². The lowest BCUT2D eigenvalue weighted by atomic mass is 9.84. The first-order chi connectivity index (χ1) is 27.2. The van der Waals surface area contributed by atoms with Crippen LogP contribution < -0.4 is 19.3 Å². The molecule has 0 amide bonds. The largest absolute Gasteiger partial charge is 0.494 e. The molecule has 286 valence electrons. The number of hydrogen-bond donors (Lipinski definition) is 0. The average molecular weight is 741 g/mol. The Morgan fingerprint density at radius 2 is 0.821 bits per heavy atom. The molecule has 0 N–H and O–H groups in total. The molecule has 0 saturated heterocycles. The normalized spacial score (nSPS) is 11.6. The Morgan fingerprint density at radius 3 is 1.21 bits per heavy atom. The number of fused-ring (bicyclic) bond motifs is 2. The number of nitrogens with zero attached hydrogens (tertiary/aromatic N) is 2. The fourth-order valence-corrected chi connectivity index (χ4v) is 7.34. The minimum Gasteiger partial charge on any atom is -0.494 e. The summed E-state index contributed by atoms with van der Waals surface area (Å²) >= 11 is 0. The molecule has 4 nitrogen and oxygen atoms in total. The Balaban J connectivity index is 1.53. The van der Waals surface area contributed by atoms with E-state index in [-0.39, 0.29) is 5.41 Å². The second kappa shape index (κ2) is 17.0. The number of hydrogen-bond acceptors (Lipinski definition) is 4. The van der Waals surface area contributed by atoms with E-state index in [9.17, 15) is 0 Å². The first-order valence-electron chi connectivity index (χ1n) is 20.3. The van der Waals surface area contributed by atoms with Crippen LogP contribution in [0.5, 0.6) is 11.5 Å². The molecular weight excluding hydrogens is 685 g/mol. The van der Waals surface area contributed by atoms with Gasteiger partial charge in [-0.25, -0.2) is 0 Å². The van der Waals surface area contributed by atoms with E-state index in [2.05, 4.69) is 198 Å². The number of benzene rings is 7. The van der Waals surface area contributed by atoms with Crippen LogP contribution in [0, 0.1) is 13.8 Å². The molecule has 56 heavy (non-hydrogen) atoms. The van der Waals surface area contributed by atoms with E-state index < -0.39 is 0 Å². The van der Waals surface area contributed by atoms with Crippen LogP contribution >= 0.6 is 0 Å². The zero-order valence-corrected chi connectivity index (χ0v) is 34.2. The highest BCUT2D eigenvalue weighted by molar-refractivity contribution is 6.23. The summed E-state index contributed by atoms with van der Waals surface area (Å²) in [5.41, 5.74) is 10.3. The number of anilines is 6. The second-order valence-electron chi connectivity index (χ2n) is 16.0. The highest BCUT2D eigenvalue weighted by Gasteiger charge is 2.27. The Kier molecular flexibility index (Phi) is 11.7. The fraction of sp³-hybridized carbons (Fsp3) is 0.269. The van der Waals surface area contributed by atoms with Gasteiger partial charge in [0.2, 0.25) is 0 Å². The van der Waals surface area contributed by atoms with Crippen LogP contribution in [0.25, 0.3) is 21.5 Å². The van der Waals surface area contributed by atoms with Crippen molar-refractivity contribution in [1.29, 1.82) is 0 Å². The van der Waals surface area contributed by atoms with Gasteiger partial charge in [0, 0.05) is 44.3 Å². The van der Waals surface area contributed by atoms with Crippen LogP contribution in [0.1, 0.15) is 77.0 Å². The molecule has 0 radical (unpaired) electrons. The molecule has 0 spiro atoms. The maximum absolute atomic E-state index is 6.14. The SMILES string of the molecule is CCCCOc1ccc(N(c2ccc(C)cc2)c2c3ccccc3c(N(c3ccc(C)cc3)c3ccc(OCCCC)cc3)c3cc(C(C)(C)C)ccc23)cc1. The summed E-state index contributed by atoms with van der Waals surface area (Å²) in [4.78, 5) is 4.87. The molecule has 0 atom stereocenters. The van der Waals surface area contributed by atoms with Crippen LogP contribution in [-0.2, 0) is 5.41 Å². The second-order valence-corrected chi connectivity index (χ2v) is 16.0. The van der Waals surface area contributed by atoms with Gasteiger partial charge in [0.1, 0.15) is 11.5 Å². The van der Waals surface area contributed by atoms with Crippen molar-refractivity contribution in [2.75, 3.05) is 23.0 Å². The maximum Gasteiger partial charge on any atom is 0.119 e. The quantitative estimate of drug-likeness (QED) is 0.0630. The summed E-state index contributed by atoms with van der Waals surface area (Å²) in [6, 6.07) is 51.0. The van der Waals surface area contributed by atoms with Crippen molar-refractivity contribution in [2.24, 2.45) is 0 Å². The summed E-state index contributed by atoms with van der Waals surface area (Å²) in [5.74, 6) is 1.78. The van der Waals surface area contributed by atoms with E-state index in [4.69, 9.17) is 9.47 Å². The van der Waals surface area contributed by atoms with Crippen LogP contribution in [0.2, 0.25) is 0 Å². The summed E-state index contributed by atoms with van der Waals surface area (Å²) in [6.07, 6.45) is 4.28. The van der Waals surface area contributed by atoms with E-state index in [1.54, 1.807) is 0 Å². The van der Waals surface area contributed by atoms with Gasteiger partial charge in [-0.05, 0) is 117 Å². The highest BCUT2D eigenvalue weighted by atomic mass is 16.5. The molecule has 0 aliphatic carbocycles. The number of ether oxygens (including phenoxy) is 2. The van der Waals surface area contributed by atoms with Crippen molar-refractivity contribution in [3.63, 3.8) is 0 Å². The topological polar surface area (TPSA) is 24.9 Å². The number of rotatable bonds is 14. The third-order valence-electron chi connectivity index (χ3n) is 10.6. The Morgan fingerprint density at radius 1 is 0.446 bits per heavy atom. The molecule has 0 aliphatic rings. The fourth-order valence-electron chi connectivity index (χ4n) is 7.34. The molecule has 0 heterocycles. The predicted molar refractivity (Wildman–Crippen MR) is 240 cm³/mol. The lowest BCUT2D eigenvalue weighted by Crippen LogP contribution is -2.16. The summed E-state index contributed by atoms with van der Waals surface area (Å²) in [6.45, 7) is 17.0.